The lowest BCUT2D eigenvalue weighted by atomic mass is 10.2. The van der Waals surface area contributed by atoms with Gasteiger partial charge in [0.05, 0.1) is 12.9 Å². The minimum atomic E-state index is -0.348. The Kier molecular flexibility index (Phi) is 4.84. The van der Waals surface area contributed by atoms with Crippen molar-refractivity contribution >= 4 is 23.7 Å². The highest BCUT2D eigenvalue weighted by Gasteiger charge is 2.25. The molecule has 1 fully saturated rings. The molecule has 1 saturated heterocycles. The molecule has 0 saturated carbocycles. The number of benzene rings is 1. The number of halogens is 1. The topological polar surface area (TPSA) is 58.6 Å². The van der Waals surface area contributed by atoms with Crippen LogP contribution >= 0.6 is 11.8 Å². The van der Waals surface area contributed by atoms with Crippen LogP contribution in [-0.2, 0) is 10.5 Å². The summed E-state index contributed by atoms with van der Waals surface area (Å²) >= 11 is 1.32. The van der Waals surface area contributed by atoms with Gasteiger partial charge in [0.15, 0.2) is 0 Å². The number of thioether (sulfide) groups is 1. The van der Waals surface area contributed by atoms with E-state index in [1.165, 1.54) is 35.9 Å². The molecule has 1 aliphatic heterocycles. The van der Waals surface area contributed by atoms with Crippen LogP contribution in [0.15, 0.2) is 18.2 Å². The summed E-state index contributed by atoms with van der Waals surface area (Å²) in [5.74, 6) is 0.632. The SMILES string of the molecule is COc1ccc(F)cc1CSCC(=O)N1CCNC1=O. The van der Waals surface area contributed by atoms with Crippen molar-refractivity contribution in [3.05, 3.63) is 29.6 Å². The molecule has 0 spiro atoms. The maximum Gasteiger partial charge on any atom is 0.324 e. The molecule has 1 aromatic carbocycles. The van der Waals surface area contributed by atoms with Gasteiger partial charge in [-0.05, 0) is 18.2 Å². The predicted octanol–water partition coefficient (Wildman–Crippen LogP) is 1.62. The van der Waals surface area contributed by atoms with Crippen molar-refractivity contribution in [1.82, 2.24) is 10.2 Å². The van der Waals surface area contributed by atoms with Crippen LogP contribution < -0.4 is 10.1 Å². The van der Waals surface area contributed by atoms with Crippen molar-refractivity contribution in [2.24, 2.45) is 0 Å². The Balaban J connectivity index is 1.88. The van der Waals surface area contributed by atoms with Crippen molar-refractivity contribution in [2.75, 3.05) is 26.0 Å². The molecule has 5 nitrogen and oxygen atoms in total. The highest BCUT2D eigenvalue weighted by atomic mass is 32.2. The molecule has 2 rings (SSSR count). The highest BCUT2D eigenvalue weighted by molar-refractivity contribution is 7.99. The van der Waals surface area contributed by atoms with Crippen molar-refractivity contribution < 1.29 is 18.7 Å². The minimum absolute atomic E-state index is 0.174. The summed E-state index contributed by atoms with van der Waals surface area (Å²) in [5, 5.41) is 2.57. The lowest BCUT2D eigenvalue weighted by Crippen LogP contribution is -2.35. The van der Waals surface area contributed by atoms with Gasteiger partial charge in [-0.1, -0.05) is 0 Å². The van der Waals surface area contributed by atoms with E-state index in [2.05, 4.69) is 5.32 Å². The monoisotopic (exact) mass is 298 g/mol. The summed E-state index contributed by atoms with van der Waals surface area (Å²) < 4.78 is 18.3. The molecular formula is C13H15FN2O3S. The summed E-state index contributed by atoms with van der Waals surface area (Å²) in [6.45, 7) is 0.897. The number of urea groups is 1. The van der Waals surface area contributed by atoms with Gasteiger partial charge in [0.25, 0.3) is 0 Å². The Labute approximate surface area is 120 Å². The quantitative estimate of drug-likeness (QED) is 0.897. The van der Waals surface area contributed by atoms with Crippen LogP contribution in [-0.4, -0.2) is 42.8 Å². The lowest BCUT2D eigenvalue weighted by Gasteiger charge is -2.12. The van der Waals surface area contributed by atoms with Gasteiger partial charge in [0.2, 0.25) is 5.91 Å². The first-order valence-corrected chi connectivity index (χ1v) is 7.25. The molecule has 3 amide bonds. The molecule has 1 N–H and O–H groups in total. The number of nitrogens with zero attached hydrogens (tertiary/aromatic N) is 1. The molecule has 20 heavy (non-hydrogen) atoms. The number of nitrogens with one attached hydrogen (secondary N) is 1. The number of hydrogen-bond acceptors (Lipinski definition) is 4. The van der Waals surface area contributed by atoms with Gasteiger partial charge >= 0.3 is 6.03 Å². The first kappa shape index (κ1) is 14.6. The van der Waals surface area contributed by atoms with Gasteiger partial charge in [-0.2, -0.15) is 0 Å². The van der Waals surface area contributed by atoms with E-state index in [-0.39, 0.29) is 23.5 Å². The molecule has 108 valence electrons. The van der Waals surface area contributed by atoms with Crippen molar-refractivity contribution in [3.63, 3.8) is 0 Å². The van der Waals surface area contributed by atoms with Crippen LogP contribution in [0.4, 0.5) is 9.18 Å². The zero-order valence-electron chi connectivity index (χ0n) is 11.0. The maximum atomic E-state index is 13.2. The van der Waals surface area contributed by atoms with Gasteiger partial charge < -0.3 is 10.1 Å². The second-order valence-corrected chi connectivity index (χ2v) is 5.21. The second kappa shape index (κ2) is 6.60. The van der Waals surface area contributed by atoms with Crippen LogP contribution in [0.2, 0.25) is 0 Å². The average Bonchev–Trinajstić information content (AvgIpc) is 2.85. The van der Waals surface area contributed by atoms with Crippen LogP contribution in [0.5, 0.6) is 5.75 Å². The molecule has 0 aliphatic carbocycles. The molecule has 0 atom stereocenters. The van der Waals surface area contributed by atoms with Crippen LogP contribution in [0.25, 0.3) is 0 Å². The fraction of sp³-hybridized carbons (Fsp3) is 0.385. The van der Waals surface area contributed by atoms with Crippen LogP contribution in [0.1, 0.15) is 5.56 Å². The largest absolute Gasteiger partial charge is 0.496 e. The van der Waals surface area contributed by atoms with Gasteiger partial charge in [0.1, 0.15) is 11.6 Å². The fourth-order valence-electron chi connectivity index (χ4n) is 1.90. The normalized spacial score (nSPS) is 14.3. The molecule has 0 radical (unpaired) electrons. The van der Waals surface area contributed by atoms with E-state index in [0.29, 0.717) is 30.2 Å². The Bertz CT molecular complexity index is 524. The summed E-state index contributed by atoms with van der Waals surface area (Å²) in [7, 11) is 1.52. The maximum absolute atomic E-state index is 13.2. The molecule has 0 unspecified atom stereocenters. The van der Waals surface area contributed by atoms with Crippen molar-refractivity contribution in [3.8, 4) is 5.75 Å². The Morgan fingerprint density at radius 3 is 3.00 bits per heavy atom. The number of hydrogen-bond donors (Lipinski definition) is 1. The van der Waals surface area contributed by atoms with Crippen molar-refractivity contribution in [2.45, 2.75) is 5.75 Å². The van der Waals surface area contributed by atoms with Gasteiger partial charge in [-0.25, -0.2) is 9.18 Å². The summed E-state index contributed by atoms with van der Waals surface area (Å²) in [5.41, 5.74) is 0.691. The minimum Gasteiger partial charge on any atom is -0.496 e. The number of methoxy groups -OCH3 is 1. The second-order valence-electron chi connectivity index (χ2n) is 4.23. The lowest BCUT2D eigenvalue weighted by molar-refractivity contribution is -0.124. The number of amides is 3. The van der Waals surface area contributed by atoms with Crippen LogP contribution in [0.3, 0.4) is 0 Å². The zero-order valence-corrected chi connectivity index (χ0v) is 11.8. The van der Waals surface area contributed by atoms with Gasteiger partial charge in [-0.3, -0.25) is 9.69 Å². The number of carbonyl (C=O) groups is 2. The fourth-order valence-corrected chi connectivity index (χ4v) is 2.77. The number of ether oxygens (including phenoxy) is 1. The third-order valence-electron chi connectivity index (χ3n) is 2.88. The molecule has 1 heterocycles. The summed E-state index contributed by atoms with van der Waals surface area (Å²) in [6, 6.07) is 3.92. The van der Waals surface area contributed by atoms with E-state index < -0.39 is 0 Å². The van der Waals surface area contributed by atoms with E-state index in [9.17, 15) is 14.0 Å². The third kappa shape index (κ3) is 3.41. The Morgan fingerprint density at radius 1 is 1.55 bits per heavy atom. The molecule has 0 aromatic heterocycles. The highest BCUT2D eigenvalue weighted by Crippen LogP contribution is 2.24. The first-order valence-electron chi connectivity index (χ1n) is 6.10. The van der Waals surface area contributed by atoms with Crippen molar-refractivity contribution in [1.29, 1.82) is 0 Å². The molecule has 1 aliphatic rings. The average molecular weight is 298 g/mol. The van der Waals surface area contributed by atoms with E-state index in [1.807, 2.05) is 0 Å². The molecular weight excluding hydrogens is 283 g/mol. The van der Waals surface area contributed by atoms with E-state index in [1.54, 1.807) is 6.07 Å². The van der Waals surface area contributed by atoms with Gasteiger partial charge in [-0.15, -0.1) is 11.8 Å². The van der Waals surface area contributed by atoms with Gasteiger partial charge in [0, 0.05) is 24.4 Å². The smallest absolute Gasteiger partial charge is 0.324 e. The molecule has 1 aromatic rings. The number of imide groups is 1. The number of rotatable bonds is 5. The van der Waals surface area contributed by atoms with E-state index in [0.717, 1.165) is 0 Å². The zero-order chi connectivity index (χ0) is 14.5. The van der Waals surface area contributed by atoms with E-state index in [4.69, 9.17) is 4.74 Å². The van der Waals surface area contributed by atoms with Crippen LogP contribution in [0, 0.1) is 5.82 Å². The summed E-state index contributed by atoms with van der Waals surface area (Å²) in [6.07, 6.45) is 0. The first-order chi connectivity index (χ1) is 9.61. The Morgan fingerprint density at radius 2 is 2.35 bits per heavy atom. The van der Waals surface area contributed by atoms with E-state index >= 15 is 0 Å². The molecule has 0 bridgehead atoms. The standard InChI is InChI=1S/C13H15FN2O3S/c1-19-11-3-2-10(14)6-9(11)7-20-8-12(17)16-5-4-15-13(16)18/h2-3,6H,4-5,7-8H2,1H3,(H,15,18). The molecule has 7 heteroatoms. The number of carbonyl (C=O) groups excluding carboxylic acids is 2. The predicted molar refractivity (Wildman–Crippen MR) is 74.2 cm³/mol. The summed E-state index contributed by atoms with van der Waals surface area (Å²) in [4.78, 5) is 24.3. The Hall–Kier alpha value is -1.76. The third-order valence-corrected chi connectivity index (χ3v) is 3.85.